The summed E-state index contributed by atoms with van der Waals surface area (Å²) < 4.78 is 0. The van der Waals surface area contributed by atoms with Gasteiger partial charge in [-0.25, -0.2) is 0 Å². The first-order chi connectivity index (χ1) is 10.7. The Kier molecular flexibility index (Phi) is 4.91. The van der Waals surface area contributed by atoms with Crippen molar-refractivity contribution >= 4 is 23.6 Å². The largest absolute Gasteiger partial charge is 0.370 e. The Morgan fingerprint density at radius 3 is 2.35 bits per heavy atom. The zero-order chi connectivity index (χ0) is 17.2. The molecule has 1 saturated heterocycles. The van der Waals surface area contributed by atoms with Crippen LogP contribution in [0.15, 0.2) is 0 Å². The lowest BCUT2D eigenvalue weighted by Crippen LogP contribution is -2.68. The summed E-state index contributed by atoms with van der Waals surface area (Å²) in [6, 6.07) is -0.657. The fraction of sp³-hybridized carbons (Fsp3) is 0.733. The molecule has 1 saturated carbocycles. The minimum atomic E-state index is -0.770. The summed E-state index contributed by atoms with van der Waals surface area (Å²) in [6.45, 7) is 1.96. The lowest BCUT2D eigenvalue weighted by molar-refractivity contribution is -0.171. The first kappa shape index (κ1) is 17.2. The number of β-lactam (4-membered cyclic amide) rings is 1. The van der Waals surface area contributed by atoms with E-state index in [1.54, 1.807) is 0 Å². The number of nitrogens with zero attached hydrogens (tertiary/aromatic N) is 1. The quantitative estimate of drug-likeness (QED) is 0.541. The Morgan fingerprint density at radius 1 is 1.30 bits per heavy atom. The van der Waals surface area contributed by atoms with Crippen molar-refractivity contribution in [1.29, 1.82) is 0 Å². The van der Waals surface area contributed by atoms with Crippen molar-refractivity contribution in [2.24, 2.45) is 16.9 Å². The molecule has 2 aliphatic rings. The van der Waals surface area contributed by atoms with Crippen LogP contribution in [0.25, 0.3) is 0 Å². The van der Waals surface area contributed by atoms with Crippen LogP contribution in [-0.2, 0) is 19.2 Å². The topological polar surface area (TPSA) is 136 Å². The SMILES string of the molecule is CC(=O)NC1CCC2(CC1)CN([C@@H](CCC(N)=O)C(N)=O)C2=O. The highest BCUT2D eigenvalue weighted by atomic mass is 16.2. The van der Waals surface area contributed by atoms with Crippen LogP contribution in [0.2, 0.25) is 0 Å². The van der Waals surface area contributed by atoms with Crippen LogP contribution in [0.4, 0.5) is 0 Å². The molecular formula is C15H24N4O4. The zero-order valence-electron chi connectivity index (χ0n) is 13.3. The molecule has 0 radical (unpaired) electrons. The third-order valence-corrected chi connectivity index (χ3v) is 4.91. The molecule has 0 aromatic heterocycles. The number of primary amides is 2. The van der Waals surface area contributed by atoms with E-state index < -0.39 is 23.3 Å². The first-order valence-corrected chi connectivity index (χ1v) is 7.91. The molecule has 8 heteroatoms. The van der Waals surface area contributed by atoms with Crippen LogP contribution < -0.4 is 16.8 Å². The third kappa shape index (κ3) is 3.62. The number of hydrogen-bond acceptors (Lipinski definition) is 4. The molecule has 2 rings (SSSR count). The van der Waals surface area contributed by atoms with Gasteiger partial charge in [-0.15, -0.1) is 0 Å². The van der Waals surface area contributed by atoms with Crippen molar-refractivity contribution in [2.45, 2.75) is 57.5 Å². The second kappa shape index (κ2) is 6.55. The Morgan fingerprint density at radius 2 is 1.91 bits per heavy atom. The van der Waals surface area contributed by atoms with Gasteiger partial charge in [-0.3, -0.25) is 19.2 Å². The van der Waals surface area contributed by atoms with E-state index in [2.05, 4.69) is 5.32 Å². The van der Waals surface area contributed by atoms with Crippen molar-refractivity contribution in [3.63, 3.8) is 0 Å². The van der Waals surface area contributed by atoms with Crippen LogP contribution in [0.5, 0.6) is 0 Å². The molecule has 4 amide bonds. The molecular weight excluding hydrogens is 300 g/mol. The fourth-order valence-corrected chi connectivity index (χ4v) is 3.64. The van der Waals surface area contributed by atoms with Crippen molar-refractivity contribution in [3.8, 4) is 0 Å². The van der Waals surface area contributed by atoms with E-state index in [-0.39, 0.29) is 30.7 Å². The summed E-state index contributed by atoms with van der Waals surface area (Å²) in [5.74, 6) is -1.27. The van der Waals surface area contributed by atoms with Gasteiger partial charge in [0.2, 0.25) is 23.6 Å². The highest BCUT2D eigenvalue weighted by Crippen LogP contribution is 2.46. The molecule has 2 fully saturated rings. The molecule has 1 heterocycles. The predicted octanol–water partition coefficient (Wildman–Crippen LogP) is -0.987. The zero-order valence-corrected chi connectivity index (χ0v) is 13.3. The van der Waals surface area contributed by atoms with Crippen LogP contribution in [0, 0.1) is 5.41 Å². The number of amides is 4. The molecule has 0 aromatic carbocycles. The molecule has 1 aliphatic heterocycles. The molecule has 5 N–H and O–H groups in total. The van der Waals surface area contributed by atoms with Crippen molar-refractivity contribution in [3.05, 3.63) is 0 Å². The summed E-state index contributed by atoms with van der Waals surface area (Å²) in [7, 11) is 0. The van der Waals surface area contributed by atoms with Gasteiger partial charge in [-0.05, 0) is 32.1 Å². The van der Waals surface area contributed by atoms with Gasteiger partial charge in [0.05, 0.1) is 5.41 Å². The van der Waals surface area contributed by atoms with Gasteiger partial charge in [0.15, 0.2) is 0 Å². The Hall–Kier alpha value is -2.12. The van der Waals surface area contributed by atoms with Crippen LogP contribution in [0.1, 0.15) is 45.4 Å². The van der Waals surface area contributed by atoms with Crippen molar-refractivity contribution < 1.29 is 19.2 Å². The van der Waals surface area contributed by atoms with E-state index in [0.717, 1.165) is 12.8 Å². The number of nitrogens with two attached hydrogens (primary N) is 2. The lowest BCUT2D eigenvalue weighted by Gasteiger charge is -2.54. The second-order valence-corrected chi connectivity index (χ2v) is 6.61. The van der Waals surface area contributed by atoms with Gasteiger partial charge in [0.1, 0.15) is 6.04 Å². The molecule has 1 spiro atoms. The van der Waals surface area contributed by atoms with Gasteiger partial charge in [0, 0.05) is 25.9 Å². The van der Waals surface area contributed by atoms with Crippen LogP contribution >= 0.6 is 0 Å². The minimum Gasteiger partial charge on any atom is -0.370 e. The molecule has 0 aromatic rings. The van der Waals surface area contributed by atoms with Gasteiger partial charge in [0.25, 0.3) is 0 Å². The van der Waals surface area contributed by atoms with Gasteiger partial charge >= 0.3 is 0 Å². The molecule has 128 valence electrons. The monoisotopic (exact) mass is 324 g/mol. The summed E-state index contributed by atoms with van der Waals surface area (Å²) in [6.07, 6.45) is 3.07. The van der Waals surface area contributed by atoms with E-state index in [0.29, 0.717) is 19.4 Å². The number of carbonyl (C=O) groups is 4. The smallest absolute Gasteiger partial charge is 0.240 e. The van der Waals surface area contributed by atoms with Gasteiger partial charge in [-0.1, -0.05) is 0 Å². The first-order valence-electron chi connectivity index (χ1n) is 7.91. The minimum absolute atomic E-state index is 0.0228. The predicted molar refractivity (Wildman–Crippen MR) is 81.6 cm³/mol. The highest BCUT2D eigenvalue weighted by molar-refractivity contribution is 5.94. The van der Waals surface area contributed by atoms with Gasteiger partial charge in [-0.2, -0.15) is 0 Å². The summed E-state index contributed by atoms with van der Waals surface area (Å²) in [5, 5.41) is 2.88. The van der Waals surface area contributed by atoms with E-state index in [1.165, 1.54) is 11.8 Å². The molecule has 0 unspecified atom stereocenters. The van der Waals surface area contributed by atoms with Crippen molar-refractivity contribution in [1.82, 2.24) is 10.2 Å². The molecule has 0 bridgehead atoms. The third-order valence-electron chi connectivity index (χ3n) is 4.91. The molecule has 8 nitrogen and oxygen atoms in total. The fourth-order valence-electron chi connectivity index (χ4n) is 3.64. The van der Waals surface area contributed by atoms with E-state index in [4.69, 9.17) is 11.5 Å². The van der Waals surface area contributed by atoms with E-state index in [1.807, 2.05) is 0 Å². The van der Waals surface area contributed by atoms with E-state index >= 15 is 0 Å². The van der Waals surface area contributed by atoms with Crippen LogP contribution in [-0.4, -0.2) is 47.2 Å². The Balaban J connectivity index is 1.93. The summed E-state index contributed by atoms with van der Waals surface area (Å²) in [5.41, 5.74) is 10.0. The summed E-state index contributed by atoms with van der Waals surface area (Å²) >= 11 is 0. The molecule has 1 aliphatic carbocycles. The summed E-state index contributed by atoms with van der Waals surface area (Å²) in [4.78, 5) is 47.6. The maximum atomic E-state index is 12.6. The second-order valence-electron chi connectivity index (χ2n) is 6.61. The number of nitrogens with one attached hydrogen (secondary N) is 1. The number of hydrogen-bond donors (Lipinski definition) is 3. The Labute approximate surface area is 134 Å². The standard InChI is InChI=1S/C15H24N4O4/c1-9(20)18-10-4-6-15(7-5-10)8-19(14(15)23)11(13(17)22)2-3-12(16)21/h10-11H,2-8H2,1H3,(H2,16,21)(H2,17,22)(H,18,20)/t10?,11-,15?/m0/s1. The maximum absolute atomic E-state index is 12.6. The Bertz CT molecular complexity index is 526. The number of carbonyl (C=O) groups excluding carboxylic acids is 4. The van der Waals surface area contributed by atoms with Crippen molar-refractivity contribution in [2.75, 3.05) is 6.54 Å². The lowest BCUT2D eigenvalue weighted by atomic mass is 9.66. The average molecular weight is 324 g/mol. The highest BCUT2D eigenvalue weighted by Gasteiger charge is 2.55. The van der Waals surface area contributed by atoms with Gasteiger partial charge < -0.3 is 21.7 Å². The molecule has 23 heavy (non-hydrogen) atoms. The van der Waals surface area contributed by atoms with Crippen LogP contribution in [0.3, 0.4) is 0 Å². The molecule has 1 atom stereocenters. The maximum Gasteiger partial charge on any atom is 0.240 e. The number of rotatable bonds is 6. The average Bonchev–Trinajstić information content (AvgIpc) is 2.46. The normalized spacial score (nSPS) is 28.1. The van der Waals surface area contributed by atoms with E-state index in [9.17, 15) is 19.2 Å². The number of likely N-dealkylation sites (tertiary alicyclic amines) is 1.